The topological polar surface area (TPSA) is 41.5 Å². The smallest absolute Gasteiger partial charge is 0.124 e. The highest BCUT2D eigenvalue weighted by molar-refractivity contribution is 5.33. The van der Waals surface area contributed by atoms with Gasteiger partial charge in [-0.25, -0.2) is 0 Å². The minimum Gasteiger partial charge on any atom is -0.489 e. The van der Waals surface area contributed by atoms with Crippen molar-refractivity contribution >= 4 is 0 Å². The Bertz CT molecular complexity index is 442. The summed E-state index contributed by atoms with van der Waals surface area (Å²) >= 11 is 0. The number of ether oxygens (including phenoxy) is 1. The Morgan fingerprint density at radius 1 is 1.37 bits per heavy atom. The van der Waals surface area contributed by atoms with Crippen molar-refractivity contribution in [1.29, 1.82) is 0 Å². The van der Waals surface area contributed by atoms with E-state index in [4.69, 9.17) is 9.84 Å². The van der Waals surface area contributed by atoms with Gasteiger partial charge in [-0.05, 0) is 12.5 Å². The third-order valence-corrected chi connectivity index (χ3v) is 3.29. The molecule has 0 heterocycles. The summed E-state index contributed by atoms with van der Waals surface area (Å²) < 4.78 is 5.63. The Morgan fingerprint density at radius 3 is 2.95 bits per heavy atom. The van der Waals surface area contributed by atoms with Crippen molar-refractivity contribution in [3.63, 3.8) is 0 Å². The van der Waals surface area contributed by atoms with Gasteiger partial charge in [0.2, 0.25) is 0 Å². The van der Waals surface area contributed by atoms with Gasteiger partial charge in [0, 0.05) is 30.7 Å². The van der Waals surface area contributed by atoms with Gasteiger partial charge in [-0.3, -0.25) is 0 Å². The average molecular weight is 259 g/mol. The van der Waals surface area contributed by atoms with Crippen molar-refractivity contribution in [1.82, 2.24) is 5.32 Å². The van der Waals surface area contributed by atoms with Crippen LogP contribution < -0.4 is 10.1 Å². The van der Waals surface area contributed by atoms with E-state index < -0.39 is 0 Å². The first-order valence-electron chi connectivity index (χ1n) is 6.67. The van der Waals surface area contributed by atoms with Gasteiger partial charge < -0.3 is 15.2 Å². The summed E-state index contributed by atoms with van der Waals surface area (Å²) in [4.78, 5) is 0. The number of hydrogen-bond donors (Lipinski definition) is 2. The Kier molecular flexibility index (Phi) is 5.19. The van der Waals surface area contributed by atoms with Gasteiger partial charge in [0.25, 0.3) is 0 Å². The molecule has 3 heteroatoms. The summed E-state index contributed by atoms with van der Waals surface area (Å²) in [5.74, 6) is 1.19. The molecule has 0 aromatic heterocycles. The van der Waals surface area contributed by atoms with Gasteiger partial charge in [0.05, 0.1) is 0 Å². The monoisotopic (exact) mass is 259 g/mol. The molecule has 2 atom stereocenters. The van der Waals surface area contributed by atoms with Crippen LogP contribution in [0.15, 0.2) is 49.1 Å². The zero-order chi connectivity index (χ0) is 13.5. The van der Waals surface area contributed by atoms with E-state index in [1.54, 1.807) is 6.08 Å². The number of aliphatic hydroxyl groups is 1. The summed E-state index contributed by atoms with van der Waals surface area (Å²) in [6.45, 7) is 5.17. The summed E-state index contributed by atoms with van der Waals surface area (Å²) in [5.41, 5.74) is 1.14. The van der Waals surface area contributed by atoms with Crippen molar-refractivity contribution in [2.24, 2.45) is 5.92 Å². The first kappa shape index (κ1) is 13.8. The molecule has 0 saturated heterocycles. The van der Waals surface area contributed by atoms with E-state index >= 15 is 0 Å². The van der Waals surface area contributed by atoms with Crippen LogP contribution >= 0.6 is 0 Å². The molecule has 1 aromatic carbocycles. The molecule has 2 rings (SSSR count). The zero-order valence-electron chi connectivity index (χ0n) is 11.1. The molecule has 19 heavy (non-hydrogen) atoms. The van der Waals surface area contributed by atoms with E-state index in [9.17, 15) is 0 Å². The fourth-order valence-electron chi connectivity index (χ4n) is 2.24. The van der Waals surface area contributed by atoms with Crippen LogP contribution in [-0.2, 0) is 6.54 Å². The lowest BCUT2D eigenvalue weighted by atomic mass is 10.1. The molecule has 0 amide bonds. The van der Waals surface area contributed by atoms with Crippen LogP contribution in [0.4, 0.5) is 0 Å². The van der Waals surface area contributed by atoms with Crippen LogP contribution in [0.3, 0.4) is 0 Å². The first-order chi connectivity index (χ1) is 9.33. The van der Waals surface area contributed by atoms with Crippen LogP contribution in [0.1, 0.15) is 12.0 Å². The van der Waals surface area contributed by atoms with Gasteiger partial charge in [-0.15, -0.1) is 0 Å². The summed E-state index contributed by atoms with van der Waals surface area (Å²) in [6, 6.07) is 8.36. The molecule has 3 nitrogen and oxygen atoms in total. The van der Waals surface area contributed by atoms with Crippen molar-refractivity contribution < 1.29 is 9.84 Å². The third kappa shape index (κ3) is 3.94. The first-order valence-corrected chi connectivity index (χ1v) is 6.67. The molecule has 1 aliphatic carbocycles. The maximum atomic E-state index is 9.10. The van der Waals surface area contributed by atoms with Crippen LogP contribution in [0.2, 0.25) is 0 Å². The molecule has 0 unspecified atom stereocenters. The van der Waals surface area contributed by atoms with Gasteiger partial charge in [0.1, 0.15) is 12.4 Å². The number of hydrogen-bond acceptors (Lipinski definition) is 3. The zero-order valence-corrected chi connectivity index (χ0v) is 11.1. The minimum atomic E-state index is 0.230. The molecule has 0 aliphatic heterocycles. The van der Waals surface area contributed by atoms with Gasteiger partial charge in [-0.1, -0.05) is 43.0 Å². The fourth-order valence-corrected chi connectivity index (χ4v) is 2.24. The molecular formula is C16H21NO2. The molecule has 102 valence electrons. The molecule has 0 spiro atoms. The number of nitrogens with one attached hydrogen (secondary N) is 1. The van der Waals surface area contributed by atoms with Crippen molar-refractivity contribution in [2.45, 2.75) is 19.0 Å². The summed E-state index contributed by atoms with van der Waals surface area (Å²) in [7, 11) is 0. The average Bonchev–Trinajstić information content (AvgIpc) is 2.91. The van der Waals surface area contributed by atoms with Crippen molar-refractivity contribution in [2.75, 3.05) is 13.2 Å². The highest BCUT2D eigenvalue weighted by Crippen LogP contribution is 2.20. The van der Waals surface area contributed by atoms with Gasteiger partial charge in [0.15, 0.2) is 0 Å². The minimum absolute atomic E-state index is 0.230. The Labute approximate surface area is 114 Å². The molecule has 0 fully saturated rings. The van der Waals surface area contributed by atoms with Gasteiger partial charge in [-0.2, -0.15) is 0 Å². The fraction of sp³-hybridized carbons (Fsp3) is 0.375. The second kappa shape index (κ2) is 7.12. The van der Waals surface area contributed by atoms with E-state index in [1.807, 2.05) is 18.2 Å². The van der Waals surface area contributed by atoms with E-state index in [0.717, 1.165) is 24.3 Å². The third-order valence-electron chi connectivity index (χ3n) is 3.29. The lowest BCUT2D eigenvalue weighted by molar-refractivity contribution is 0.246. The van der Waals surface area contributed by atoms with E-state index in [0.29, 0.717) is 18.6 Å². The van der Waals surface area contributed by atoms with Crippen LogP contribution in [-0.4, -0.2) is 24.4 Å². The maximum absolute atomic E-state index is 9.10. The molecule has 2 N–H and O–H groups in total. The standard InChI is InChI=1S/C16H21NO2/c1-2-9-19-16-6-4-3-5-14(16)11-17-15-8-7-13(10-15)12-18/h2-8,13,15,17-18H,1,9-12H2/t13-,15+/m0/s1. The lowest BCUT2D eigenvalue weighted by Crippen LogP contribution is -2.26. The second-order valence-corrected chi connectivity index (χ2v) is 4.76. The summed E-state index contributed by atoms with van der Waals surface area (Å²) in [5, 5.41) is 12.6. The highest BCUT2D eigenvalue weighted by Gasteiger charge is 2.17. The highest BCUT2D eigenvalue weighted by atomic mass is 16.5. The summed E-state index contributed by atoms with van der Waals surface area (Å²) in [6.07, 6.45) is 6.92. The molecule has 0 radical (unpaired) electrons. The number of benzene rings is 1. The SMILES string of the molecule is C=CCOc1ccccc1CN[C@@H]1C=C[C@H](CO)C1. The molecule has 1 aliphatic rings. The maximum Gasteiger partial charge on any atom is 0.124 e. The van der Waals surface area contributed by atoms with Crippen molar-refractivity contribution in [3.8, 4) is 5.75 Å². The van der Waals surface area contributed by atoms with Crippen LogP contribution in [0.25, 0.3) is 0 Å². The molecule has 1 aromatic rings. The Hall–Kier alpha value is -1.58. The largest absolute Gasteiger partial charge is 0.489 e. The van der Waals surface area contributed by atoms with Crippen LogP contribution in [0, 0.1) is 5.92 Å². The lowest BCUT2D eigenvalue weighted by Gasteiger charge is -2.15. The Balaban J connectivity index is 1.89. The van der Waals surface area contributed by atoms with Crippen molar-refractivity contribution in [3.05, 3.63) is 54.6 Å². The quantitative estimate of drug-likeness (QED) is 0.738. The van der Waals surface area contributed by atoms with Gasteiger partial charge >= 0.3 is 0 Å². The predicted molar refractivity (Wildman–Crippen MR) is 77.1 cm³/mol. The normalized spacial score (nSPS) is 21.5. The second-order valence-electron chi connectivity index (χ2n) is 4.76. The number of para-hydroxylation sites is 1. The molecule has 0 saturated carbocycles. The van der Waals surface area contributed by atoms with E-state index in [1.165, 1.54) is 0 Å². The van der Waals surface area contributed by atoms with Crippen LogP contribution in [0.5, 0.6) is 5.75 Å². The van der Waals surface area contributed by atoms with E-state index in [2.05, 4.69) is 30.1 Å². The molecular weight excluding hydrogens is 238 g/mol. The number of aliphatic hydroxyl groups excluding tert-OH is 1. The van der Waals surface area contributed by atoms with E-state index in [-0.39, 0.29) is 6.61 Å². The predicted octanol–water partition coefficient (Wildman–Crippen LogP) is 2.28. The number of rotatable bonds is 7. The Morgan fingerprint density at radius 2 is 2.21 bits per heavy atom. The molecule has 0 bridgehead atoms.